The van der Waals surface area contributed by atoms with Crippen molar-refractivity contribution in [1.29, 1.82) is 0 Å². The van der Waals surface area contributed by atoms with E-state index in [1.807, 2.05) is 23.5 Å². The number of aryl methyl sites for hydroxylation is 2. The average Bonchev–Trinajstić information content (AvgIpc) is 2.73. The highest BCUT2D eigenvalue weighted by Crippen LogP contribution is 2.20. The molecule has 0 atom stereocenters. The Hall–Kier alpha value is -1.72. The summed E-state index contributed by atoms with van der Waals surface area (Å²) >= 11 is 1.82. The third kappa shape index (κ3) is 3.88. The highest BCUT2D eigenvalue weighted by Gasteiger charge is 2.04. The van der Waals surface area contributed by atoms with E-state index in [1.54, 1.807) is 12.1 Å². The van der Waals surface area contributed by atoms with E-state index in [2.05, 4.69) is 25.2 Å². The van der Waals surface area contributed by atoms with Crippen LogP contribution >= 0.6 is 11.3 Å². The van der Waals surface area contributed by atoms with Crippen molar-refractivity contribution < 1.29 is 4.92 Å². The maximum absolute atomic E-state index is 10.6. The summed E-state index contributed by atoms with van der Waals surface area (Å²) in [5, 5.41) is 14.0. The minimum atomic E-state index is -0.371. The van der Waals surface area contributed by atoms with Crippen molar-refractivity contribution in [2.24, 2.45) is 0 Å². The smallest absolute Gasteiger partial charge is 0.269 e. The topological polar surface area (TPSA) is 55.2 Å². The monoisotopic (exact) mass is 290 g/mol. The lowest BCUT2D eigenvalue weighted by molar-refractivity contribution is -0.384. The van der Waals surface area contributed by atoms with E-state index in [0.29, 0.717) is 0 Å². The van der Waals surface area contributed by atoms with Crippen LogP contribution in [0.3, 0.4) is 0 Å². The quantitative estimate of drug-likeness (QED) is 0.502. The fourth-order valence-corrected chi connectivity index (χ4v) is 3.05. The number of nitrogens with zero attached hydrogens (tertiary/aromatic N) is 1. The summed E-state index contributed by atoms with van der Waals surface area (Å²) in [5.41, 5.74) is 2.61. The van der Waals surface area contributed by atoms with Crippen molar-refractivity contribution in [3.05, 3.63) is 61.3 Å². The molecule has 2 aromatic rings. The molecule has 1 heterocycles. The first-order valence-electron chi connectivity index (χ1n) is 6.56. The van der Waals surface area contributed by atoms with Gasteiger partial charge in [0.1, 0.15) is 0 Å². The highest BCUT2D eigenvalue weighted by atomic mass is 32.1. The second kappa shape index (κ2) is 6.63. The van der Waals surface area contributed by atoms with Crippen molar-refractivity contribution in [1.82, 2.24) is 5.32 Å². The summed E-state index contributed by atoms with van der Waals surface area (Å²) in [6, 6.07) is 8.97. The van der Waals surface area contributed by atoms with Crippen molar-refractivity contribution in [3.8, 4) is 0 Å². The van der Waals surface area contributed by atoms with Gasteiger partial charge in [-0.15, -0.1) is 11.3 Å². The average molecular weight is 290 g/mol. The van der Waals surface area contributed by atoms with Gasteiger partial charge in [-0.2, -0.15) is 0 Å². The first-order chi connectivity index (χ1) is 9.56. The standard InChI is InChI=1S/C15H18N2O2S/c1-11-9-14(12(2)20-11)10-16-8-7-13-3-5-15(6-4-13)17(18)19/h3-6,9,16H,7-8,10H2,1-2H3. The maximum Gasteiger partial charge on any atom is 0.269 e. The number of non-ortho nitro benzene ring substituents is 1. The van der Waals surface area contributed by atoms with E-state index in [9.17, 15) is 10.1 Å². The number of hydrogen-bond acceptors (Lipinski definition) is 4. The molecule has 0 fully saturated rings. The number of hydrogen-bond donors (Lipinski definition) is 1. The Kier molecular flexibility index (Phi) is 4.87. The van der Waals surface area contributed by atoms with Crippen LogP contribution in [-0.4, -0.2) is 11.5 Å². The zero-order valence-electron chi connectivity index (χ0n) is 11.7. The third-order valence-corrected chi connectivity index (χ3v) is 4.21. The SMILES string of the molecule is Cc1cc(CNCCc2ccc([N+](=O)[O-])cc2)c(C)s1. The Balaban J connectivity index is 1.78. The van der Waals surface area contributed by atoms with Gasteiger partial charge in [-0.25, -0.2) is 0 Å². The van der Waals surface area contributed by atoms with E-state index in [4.69, 9.17) is 0 Å². The van der Waals surface area contributed by atoms with Crippen LogP contribution in [0, 0.1) is 24.0 Å². The fourth-order valence-electron chi connectivity index (χ4n) is 2.10. The van der Waals surface area contributed by atoms with Gasteiger partial charge in [0.05, 0.1) is 4.92 Å². The maximum atomic E-state index is 10.6. The van der Waals surface area contributed by atoms with Gasteiger partial charge in [-0.05, 0) is 44.0 Å². The number of benzene rings is 1. The number of nitrogens with one attached hydrogen (secondary N) is 1. The Labute approximate surface area is 122 Å². The summed E-state index contributed by atoms with van der Waals surface area (Å²) in [7, 11) is 0. The Morgan fingerprint density at radius 2 is 1.95 bits per heavy atom. The molecule has 0 spiro atoms. The predicted molar refractivity (Wildman–Crippen MR) is 82.3 cm³/mol. The van der Waals surface area contributed by atoms with E-state index in [-0.39, 0.29) is 10.6 Å². The molecule has 1 N–H and O–H groups in total. The molecule has 5 heteroatoms. The molecular formula is C15H18N2O2S. The predicted octanol–water partition coefficient (Wildman–Crippen LogP) is 3.61. The molecule has 1 aromatic carbocycles. The van der Waals surface area contributed by atoms with Crippen molar-refractivity contribution in [2.75, 3.05) is 6.54 Å². The van der Waals surface area contributed by atoms with Crippen molar-refractivity contribution in [3.63, 3.8) is 0 Å². The molecule has 0 aliphatic carbocycles. The molecule has 106 valence electrons. The minimum absolute atomic E-state index is 0.145. The van der Waals surface area contributed by atoms with Gasteiger partial charge in [0.2, 0.25) is 0 Å². The lowest BCUT2D eigenvalue weighted by Crippen LogP contribution is -2.16. The lowest BCUT2D eigenvalue weighted by atomic mass is 10.1. The molecule has 0 unspecified atom stereocenters. The minimum Gasteiger partial charge on any atom is -0.312 e. The summed E-state index contributed by atoms with van der Waals surface area (Å²) in [6.45, 7) is 6.01. The highest BCUT2D eigenvalue weighted by molar-refractivity contribution is 7.12. The first-order valence-corrected chi connectivity index (χ1v) is 7.38. The Morgan fingerprint density at radius 3 is 2.50 bits per heavy atom. The van der Waals surface area contributed by atoms with Crippen LogP contribution in [0.4, 0.5) is 5.69 Å². The second-order valence-corrected chi connectivity index (χ2v) is 6.25. The summed E-state index contributed by atoms with van der Waals surface area (Å²) in [4.78, 5) is 12.9. The Morgan fingerprint density at radius 1 is 1.25 bits per heavy atom. The lowest BCUT2D eigenvalue weighted by Gasteiger charge is -2.04. The Bertz CT molecular complexity index is 590. The molecule has 0 bridgehead atoms. The molecule has 0 radical (unpaired) electrons. The van der Waals surface area contributed by atoms with Crippen LogP contribution in [0.5, 0.6) is 0 Å². The van der Waals surface area contributed by atoms with Gasteiger partial charge in [-0.3, -0.25) is 10.1 Å². The van der Waals surface area contributed by atoms with Crippen LogP contribution in [0.1, 0.15) is 20.9 Å². The van der Waals surface area contributed by atoms with Crippen LogP contribution < -0.4 is 5.32 Å². The molecular weight excluding hydrogens is 272 g/mol. The summed E-state index contributed by atoms with van der Waals surface area (Å²) in [6.07, 6.45) is 0.875. The third-order valence-electron chi connectivity index (χ3n) is 3.20. The number of nitro benzene ring substituents is 1. The summed E-state index contributed by atoms with van der Waals surface area (Å²) < 4.78 is 0. The van der Waals surface area contributed by atoms with Crippen molar-refractivity contribution >= 4 is 17.0 Å². The van der Waals surface area contributed by atoms with Gasteiger partial charge in [-0.1, -0.05) is 12.1 Å². The number of thiophene rings is 1. The van der Waals surface area contributed by atoms with E-state index in [0.717, 1.165) is 25.1 Å². The van der Waals surface area contributed by atoms with Gasteiger partial charge in [0, 0.05) is 28.4 Å². The zero-order valence-corrected chi connectivity index (χ0v) is 12.5. The van der Waals surface area contributed by atoms with E-state index < -0.39 is 0 Å². The molecule has 0 aliphatic heterocycles. The fraction of sp³-hybridized carbons (Fsp3) is 0.333. The van der Waals surface area contributed by atoms with Crippen LogP contribution in [0.15, 0.2) is 30.3 Å². The number of rotatable bonds is 6. The number of nitro groups is 1. The van der Waals surface area contributed by atoms with E-state index >= 15 is 0 Å². The van der Waals surface area contributed by atoms with Gasteiger partial charge >= 0.3 is 0 Å². The molecule has 0 amide bonds. The van der Waals surface area contributed by atoms with Gasteiger partial charge < -0.3 is 5.32 Å². The first kappa shape index (κ1) is 14.7. The normalized spacial score (nSPS) is 10.7. The van der Waals surface area contributed by atoms with E-state index in [1.165, 1.54) is 15.3 Å². The molecule has 0 saturated heterocycles. The molecule has 20 heavy (non-hydrogen) atoms. The molecule has 0 saturated carbocycles. The molecule has 4 nitrogen and oxygen atoms in total. The molecule has 2 rings (SSSR count). The molecule has 1 aromatic heterocycles. The summed E-state index contributed by atoms with van der Waals surface area (Å²) in [5.74, 6) is 0. The van der Waals surface area contributed by atoms with Crippen molar-refractivity contribution in [2.45, 2.75) is 26.8 Å². The largest absolute Gasteiger partial charge is 0.312 e. The van der Waals surface area contributed by atoms with Crippen LogP contribution in [0.25, 0.3) is 0 Å². The van der Waals surface area contributed by atoms with Crippen LogP contribution in [-0.2, 0) is 13.0 Å². The second-order valence-electron chi connectivity index (χ2n) is 4.79. The van der Waals surface area contributed by atoms with Crippen LogP contribution in [0.2, 0.25) is 0 Å². The zero-order chi connectivity index (χ0) is 14.5. The van der Waals surface area contributed by atoms with Gasteiger partial charge in [0.15, 0.2) is 0 Å². The van der Waals surface area contributed by atoms with Gasteiger partial charge in [0.25, 0.3) is 5.69 Å². The molecule has 0 aliphatic rings.